The summed E-state index contributed by atoms with van der Waals surface area (Å²) in [4.78, 5) is 0. The van der Waals surface area contributed by atoms with Gasteiger partial charge in [-0.15, -0.1) is 22.7 Å². The standard InChI is InChI=1S/C34H20S2/c1-2-9-21(10-3-1)30-23-11-4-6-13-25(23)31(26-14-7-5-12-24(26)30)29-16-8-15-27-28-18-17-22-19-20-35-32(22)34(28)36-33(27)29/h1-20H. The molecule has 0 aliphatic rings. The second kappa shape index (κ2) is 7.76. The van der Waals surface area contributed by atoms with E-state index in [9.17, 15) is 0 Å². The van der Waals surface area contributed by atoms with Crippen LogP contribution >= 0.6 is 22.7 Å². The van der Waals surface area contributed by atoms with Gasteiger partial charge in [0, 0.05) is 21.0 Å². The molecule has 0 fully saturated rings. The second-order valence-electron chi connectivity index (χ2n) is 9.27. The zero-order valence-corrected chi connectivity index (χ0v) is 21.0. The Hall–Kier alpha value is -3.98. The molecule has 0 atom stereocenters. The number of rotatable bonds is 2. The number of hydrogen-bond acceptors (Lipinski definition) is 2. The molecule has 36 heavy (non-hydrogen) atoms. The summed E-state index contributed by atoms with van der Waals surface area (Å²) in [5.74, 6) is 0. The third-order valence-corrected chi connectivity index (χ3v) is 9.70. The third-order valence-electron chi connectivity index (χ3n) is 7.35. The molecule has 0 unspecified atom stereocenters. The summed E-state index contributed by atoms with van der Waals surface area (Å²) in [5, 5.41) is 11.5. The lowest BCUT2D eigenvalue weighted by molar-refractivity contribution is 1.67. The van der Waals surface area contributed by atoms with E-state index >= 15 is 0 Å². The van der Waals surface area contributed by atoms with Crippen LogP contribution in [0.5, 0.6) is 0 Å². The van der Waals surface area contributed by atoms with Crippen LogP contribution in [0.2, 0.25) is 0 Å². The molecule has 0 amide bonds. The van der Waals surface area contributed by atoms with Crippen molar-refractivity contribution in [2.75, 3.05) is 0 Å². The maximum atomic E-state index is 2.32. The molecule has 8 rings (SSSR count). The topological polar surface area (TPSA) is 0 Å². The zero-order chi connectivity index (χ0) is 23.6. The van der Waals surface area contributed by atoms with Gasteiger partial charge in [0.2, 0.25) is 0 Å². The smallest absolute Gasteiger partial charge is 0.0533 e. The average Bonchev–Trinajstić information content (AvgIpc) is 3.57. The number of thiophene rings is 2. The molecule has 0 aliphatic carbocycles. The maximum absolute atomic E-state index is 2.32. The molecule has 2 aromatic heterocycles. The normalized spacial score (nSPS) is 11.9. The first-order valence-corrected chi connectivity index (χ1v) is 13.9. The summed E-state index contributed by atoms with van der Waals surface area (Å²) >= 11 is 3.79. The van der Waals surface area contributed by atoms with Gasteiger partial charge >= 0.3 is 0 Å². The van der Waals surface area contributed by atoms with Crippen LogP contribution in [0.3, 0.4) is 0 Å². The molecular formula is C34H20S2. The van der Waals surface area contributed by atoms with Crippen molar-refractivity contribution in [1.82, 2.24) is 0 Å². The summed E-state index contributed by atoms with van der Waals surface area (Å²) in [5.41, 5.74) is 5.23. The second-order valence-corrected chi connectivity index (χ2v) is 11.2. The Kier molecular flexibility index (Phi) is 4.36. The minimum absolute atomic E-state index is 1.26. The van der Waals surface area contributed by atoms with Crippen LogP contribution in [-0.2, 0) is 0 Å². The molecule has 0 saturated carbocycles. The first-order chi connectivity index (χ1) is 17.9. The molecule has 0 spiro atoms. The first-order valence-electron chi connectivity index (χ1n) is 12.2. The van der Waals surface area contributed by atoms with Crippen LogP contribution < -0.4 is 0 Å². The van der Waals surface area contributed by atoms with Crippen molar-refractivity contribution in [3.63, 3.8) is 0 Å². The van der Waals surface area contributed by atoms with Gasteiger partial charge in [-0.05, 0) is 55.1 Å². The van der Waals surface area contributed by atoms with E-state index in [-0.39, 0.29) is 0 Å². The van der Waals surface area contributed by atoms with Gasteiger partial charge < -0.3 is 0 Å². The van der Waals surface area contributed by atoms with Gasteiger partial charge in [-0.25, -0.2) is 0 Å². The van der Waals surface area contributed by atoms with E-state index in [1.807, 2.05) is 22.7 Å². The van der Waals surface area contributed by atoms with Crippen LogP contribution in [-0.4, -0.2) is 0 Å². The van der Waals surface area contributed by atoms with Crippen molar-refractivity contribution >= 4 is 74.5 Å². The fraction of sp³-hybridized carbons (Fsp3) is 0. The molecule has 0 radical (unpaired) electrons. The monoisotopic (exact) mass is 492 g/mol. The lowest BCUT2D eigenvalue weighted by Crippen LogP contribution is -1.90. The van der Waals surface area contributed by atoms with Crippen molar-refractivity contribution in [3.8, 4) is 22.3 Å². The Bertz CT molecular complexity index is 2030. The van der Waals surface area contributed by atoms with E-state index in [4.69, 9.17) is 0 Å². The largest absolute Gasteiger partial charge is 0.142 e. The van der Waals surface area contributed by atoms with Crippen LogP contribution in [0.15, 0.2) is 121 Å². The quantitative estimate of drug-likeness (QED) is 0.211. The molecule has 168 valence electrons. The maximum Gasteiger partial charge on any atom is 0.0533 e. The van der Waals surface area contributed by atoms with E-state index in [0.29, 0.717) is 0 Å². The van der Waals surface area contributed by atoms with Crippen LogP contribution in [0.25, 0.3) is 74.1 Å². The molecule has 0 saturated heterocycles. The molecule has 2 heteroatoms. The van der Waals surface area contributed by atoms with Crippen molar-refractivity contribution in [1.29, 1.82) is 0 Å². The highest BCUT2D eigenvalue weighted by atomic mass is 32.1. The van der Waals surface area contributed by atoms with E-state index in [0.717, 1.165) is 0 Å². The van der Waals surface area contributed by atoms with Gasteiger partial charge in [0.1, 0.15) is 0 Å². The third kappa shape index (κ3) is 2.80. The lowest BCUT2D eigenvalue weighted by Gasteiger charge is -2.18. The molecule has 0 bridgehead atoms. The van der Waals surface area contributed by atoms with E-state index in [1.54, 1.807) is 0 Å². The Balaban J connectivity index is 1.56. The number of hydrogen-bond donors (Lipinski definition) is 0. The summed E-state index contributed by atoms with van der Waals surface area (Å²) in [6, 6.07) is 42.3. The Morgan fingerprint density at radius 3 is 1.72 bits per heavy atom. The molecule has 2 heterocycles. The predicted molar refractivity (Wildman–Crippen MR) is 161 cm³/mol. The average molecular weight is 493 g/mol. The summed E-state index contributed by atoms with van der Waals surface area (Å²) < 4.78 is 4.17. The minimum Gasteiger partial charge on any atom is -0.142 e. The Labute approximate surface area is 216 Å². The van der Waals surface area contributed by atoms with Gasteiger partial charge in [0.05, 0.1) is 9.40 Å². The lowest BCUT2D eigenvalue weighted by atomic mass is 9.86. The van der Waals surface area contributed by atoms with Crippen LogP contribution in [0, 0.1) is 0 Å². The molecule has 0 aliphatic heterocycles. The first kappa shape index (κ1) is 20.2. The number of fused-ring (bicyclic) bond motifs is 7. The van der Waals surface area contributed by atoms with E-state index in [2.05, 4.69) is 121 Å². The van der Waals surface area contributed by atoms with Gasteiger partial charge in [-0.2, -0.15) is 0 Å². The van der Waals surface area contributed by atoms with Gasteiger partial charge in [-0.1, -0.05) is 109 Å². The van der Waals surface area contributed by atoms with Gasteiger partial charge in [0.15, 0.2) is 0 Å². The highest BCUT2D eigenvalue weighted by molar-refractivity contribution is 7.31. The fourth-order valence-corrected chi connectivity index (χ4v) is 8.19. The molecule has 6 aromatic carbocycles. The van der Waals surface area contributed by atoms with Crippen molar-refractivity contribution in [2.45, 2.75) is 0 Å². The predicted octanol–water partition coefficient (Wildman–Crippen LogP) is 10.9. The van der Waals surface area contributed by atoms with Crippen molar-refractivity contribution < 1.29 is 0 Å². The summed E-state index contributed by atoms with van der Waals surface area (Å²) in [6.45, 7) is 0. The summed E-state index contributed by atoms with van der Waals surface area (Å²) in [6.07, 6.45) is 0. The van der Waals surface area contributed by atoms with Gasteiger partial charge in [-0.3, -0.25) is 0 Å². The molecule has 0 N–H and O–H groups in total. The molecular weight excluding hydrogens is 473 g/mol. The van der Waals surface area contributed by atoms with Crippen LogP contribution in [0.4, 0.5) is 0 Å². The highest BCUT2D eigenvalue weighted by Gasteiger charge is 2.19. The Morgan fingerprint density at radius 2 is 1.00 bits per heavy atom. The van der Waals surface area contributed by atoms with Gasteiger partial charge in [0.25, 0.3) is 0 Å². The highest BCUT2D eigenvalue weighted by Crippen LogP contribution is 2.48. The minimum atomic E-state index is 1.26. The molecule has 0 nitrogen and oxygen atoms in total. The van der Waals surface area contributed by atoms with E-state index < -0.39 is 0 Å². The molecule has 8 aromatic rings. The van der Waals surface area contributed by atoms with Crippen LogP contribution in [0.1, 0.15) is 0 Å². The van der Waals surface area contributed by atoms with Crippen molar-refractivity contribution in [3.05, 3.63) is 121 Å². The van der Waals surface area contributed by atoms with Crippen molar-refractivity contribution in [2.24, 2.45) is 0 Å². The number of benzene rings is 6. The fourth-order valence-electron chi connectivity index (χ4n) is 5.81. The zero-order valence-electron chi connectivity index (χ0n) is 19.4. The van der Waals surface area contributed by atoms with E-state index in [1.165, 1.54) is 74.1 Å². The Morgan fingerprint density at radius 1 is 0.389 bits per heavy atom. The SMILES string of the molecule is c1ccc(-c2c3ccccc3c(-c3cccc4c3sc3c4ccc4ccsc43)c3ccccc23)cc1. The summed E-state index contributed by atoms with van der Waals surface area (Å²) in [7, 11) is 0.